The summed E-state index contributed by atoms with van der Waals surface area (Å²) in [6, 6.07) is 21.1. The summed E-state index contributed by atoms with van der Waals surface area (Å²) in [6.45, 7) is 2.35. The van der Waals surface area contributed by atoms with Gasteiger partial charge in [0.15, 0.2) is 0 Å². The van der Waals surface area contributed by atoms with E-state index < -0.39 is 11.8 Å². The third kappa shape index (κ3) is 4.25. The maximum atomic E-state index is 13.6. The van der Waals surface area contributed by atoms with Crippen molar-refractivity contribution in [3.8, 4) is 17.2 Å². The van der Waals surface area contributed by atoms with Crippen molar-refractivity contribution in [1.82, 2.24) is 0 Å². The molecule has 1 N–H and O–H groups in total. The first-order valence-electron chi connectivity index (χ1n) is 10.5. The van der Waals surface area contributed by atoms with E-state index in [4.69, 9.17) is 14.2 Å². The molecule has 1 aliphatic heterocycles. The first-order chi connectivity index (χ1) is 16.1. The SMILES string of the molecule is CCOc1ccccc1NC1=C(c2ccc(OC)cc2)C(=O)N(c2cccc(OC)c2)C1=O. The van der Waals surface area contributed by atoms with Crippen LogP contribution in [0.3, 0.4) is 0 Å². The number of carbonyl (C=O) groups is 2. The van der Waals surface area contributed by atoms with Gasteiger partial charge in [0.1, 0.15) is 22.9 Å². The normalized spacial score (nSPS) is 13.4. The van der Waals surface area contributed by atoms with Gasteiger partial charge in [0.05, 0.1) is 37.8 Å². The number of methoxy groups -OCH3 is 2. The Balaban J connectivity index is 1.82. The van der Waals surface area contributed by atoms with E-state index in [1.54, 1.807) is 67.8 Å². The quantitative estimate of drug-likeness (QED) is 0.516. The van der Waals surface area contributed by atoms with Crippen molar-refractivity contribution in [1.29, 1.82) is 0 Å². The van der Waals surface area contributed by atoms with E-state index in [2.05, 4.69) is 5.32 Å². The van der Waals surface area contributed by atoms with Gasteiger partial charge >= 0.3 is 0 Å². The number of amides is 2. The van der Waals surface area contributed by atoms with Crippen molar-refractivity contribution >= 4 is 28.8 Å². The average molecular weight is 444 g/mol. The smallest absolute Gasteiger partial charge is 0.282 e. The van der Waals surface area contributed by atoms with Crippen LogP contribution in [0.5, 0.6) is 17.2 Å². The Labute approximate surface area is 192 Å². The largest absolute Gasteiger partial charge is 0.497 e. The minimum absolute atomic E-state index is 0.167. The molecule has 2 amide bonds. The maximum Gasteiger partial charge on any atom is 0.282 e. The van der Waals surface area contributed by atoms with Crippen molar-refractivity contribution in [2.24, 2.45) is 0 Å². The van der Waals surface area contributed by atoms with E-state index >= 15 is 0 Å². The summed E-state index contributed by atoms with van der Waals surface area (Å²) >= 11 is 0. The van der Waals surface area contributed by atoms with Gasteiger partial charge in [-0.2, -0.15) is 0 Å². The second-order valence-corrected chi connectivity index (χ2v) is 7.18. The highest BCUT2D eigenvalue weighted by Crippen LogP contribution is 2.36. The number of nitrogens with zero attached hydrogens (tertiary/aromatic N) is 1. The lowest BCUT2D eigenvalue weighted by atomic mass is 10.0. The molecule has 0 fully saturated rings. The second kappa shape index (κ2) is 9.48. The summed E-state index contributed by atoms with van der Waals surface area (Å²) in [7, 11) is 3.10. The molecule has 3 aromatic rings. The molecular weight excluding hydrogens is 420 g/mol. The van der Waals surface area contributed by atoms with E-state index in [0.29, 0.717) is 40.8 Å². The Kier molecular flexibility index (Phi) is 6.31. The van der Waals surface area contributed by atoms with E-state index in [1.807, 2.05) is 19.1 Å². The fourth-order valence-corrected chi connectivity index (χ4v) is 3.64. The van der Waals surface area contributed by atoms with Crippen LogP contribution < -0.4 is 24.4 Å². The van der Waals surface area contributed by atoms with Crippen LogP contribution in [0.25, 0.3) is 5.57 Å². The molecular formula is C26H24N2O5. The maximum absolute atomic E-state index is 13.6. The van der Waals surface area contributed by atoms with Gasteiger partial charge in [0, 0.05) is 6.07 Å². The molecule has 33 heavy (non-hydrogen) atoms. The number of benzene rings is 3. The second-order valence-electron chi connectivity index (χ2n) is 7.18. The van der Waals surface area contributed by atoms with Crippen LogP contribution in [0.15, 0.2) is 78.5 Å². The van der Waals surface area contributed by atoms with Crippen LogP contribution in [0.2, 0.25) is 0 Å². The summed E-state index contributed by atoms with van der Waals surface area (Å²) in [5.41, 5.74) is 2.03. The molecule has 168 valence electrons. The summed E-state index contributed by atoms with van der Waals surface area (Å²) < 4.78 is 16.2. The summed E-state index contributed by atoms with van der Waals surface area (Å²) in [5.74, 6) is 0.876. The number of nitrogens with one attached hydrogen (secondary N) is 1. The Morgan fingerprint density at radius 3 is 2.24 bits per heavy atom. The van der Waals surface area contributed by atoms with Gasteiger partial charge in [0.2, 0.25) is 0 Å². The molecule has 0 saturated carbocycles. The fraction of sp³-hybridized carbons (Fsp3) is 0.154. The summed E-state index contributed by atoms with van der Waals surface area (Å²) in [6.07, 6.45) is 0. The molecule has 4 rings (SSSR count). The highest BCUT2D eigenvalue weighted by atomic mass is 16.5. The van der Waals surface area contributed by atoms with Gasteiger partial charge < -0.3 is 19.5 Å². The molecule has 0 aliphatic carbocycles. The van der Waals surface area contributed by atoms with E-state index in [-0.39, 0.29) is 11.3 Å². The van der Waals surface area contributed by atoms with Crippen molar-refractivity contribution in [3.05, 3.63) is 84.1 Å². The zero-order valence-electron chi connectivity index (χ0n) is 18.6. The Bertz CT molecular complexity index is 1220. The van der Waals surface area contributed by atoms with Crippen molar-refractivity contribution < 1.29 is 23.8 Å². The lowest BCUT2D eigenvalue weighted by Gasteiger charge is -2.16. The molecule has 1 heterocycles. The summed E-state index contributed by atoms with van der Waals surface area (Å²) in [4.78, 5) is 28.3. The Morgan fingerprint density at radius 2 is 1.55 bits per heavy atom. The van der Waals surface area contributed by atoms with Gasteiger partial charge in [0.25, 0.3) is 11.8 Å². The van der Waals surface area contributed by atoms with Crippen molar-refractivity contribution in [3.63, 3.8) is 0 Å². The number of hydrogen-bond acceptors (Lipinski definition) is 6. The van der Waals surface area contributed by atoms with Crippen LogP contribution in [0.4, 0.5) is 11.4 Å². The summed E-state index contributed by atoms with van der Waals surface area (Å²) in [5, 5.41) is 3.16. The Hall–Kier alpha value is -4.26. The minimum atomic E-state index is -0.467. The fourth-order valence-electron chi connectivity index (χ4n) is 3.64. The number of rotatable bonds is 8. The molecule has 7 nitrogen and oxygen atoms in total. The van der Waals surface area contributed by atoms with Crippen LogP contribution in [-0.2, 0) is 9.59 Å². The lowest BCUT2D eigenvalue weighted by Crippen LogP contribution is -2.32. The number of para-hydroxylation sites is 2. The standard InChI is InChI=1S/C26H24N2O5/c1-4-33-22-11-6-5-10-21(22)27-24-23(17-12-14-19(31-2)15-13-17)25(29)28(26(24)30)18-8-7-9-20(16-18)32-3/h5-16,27H,4H2,1-3H3. The molecule has 0 aromatic heterocycles. The van der Waals surface area contributed by atoms with Crippen LogP contribution in [-0.4, -0.2) is 32.6 Å². The van der Waals surface area contributed by atoms with Crippen LogP contribution in [0.1, 0.15) is 12.5 Å². The van der Waals surface area contributed by atoms with Gasteiger partial charge in [-0.1, -0.05) is 30.3 Å². The molecule has 3 aromatic carbocycles. The van der Waals surface area contributed by atoms with Crippen molar-refractivity contribution in [2.75, 3.05) is 31.0 Å². The number of imide groups is 1. The van der Waals surface area contributed by atoms with Crippen LogP contribution in [0, 0.1) is 0 Å². The first kappa shape index (κ1) is 22.0. The van der Waals surface area contributed by atoms with E-state index in [9.17, 15) is 9.59 Å². The predicted octanol–water partition coefficient (Wildman–Crippen LogP) is 4.50. The van der Waals surface area contributed by atoms with Gasteiger partial charge in [-0.05, 0) is 48.9 Å². The molecule has 0 spiro atoms. The zero-order valence-corrected chi connectivity index (χ0v) is 18.6. The molecule has 0 unspecified atom stereocenters. The van der Waals surface area contributed by atoms with E-state index in [0.717, 1.165) is 4.90 Å². The highest BCUT2D eigenvalue weighted by Gasteiger charge is 2.40. The minimum Gasteiger partial charge on any atom is -0.497 e. The van der Waals surface area contributed by atoms with Crippen LogP contribution >= 0.6 is 0 Å². The van der Waals surface area contributed by atoms with Gasteiger partial charge in [-0.25, -0.2) is 4.90 Å². The van der Waals surface area contributed by atoms with Crippen molar-refractivity contribution in [2.45, 2.75) is 6.92 Å². The van der Waals surface area contributed by atoms with E-state index in [1.165, 1.54) is 7.11 Å². The third-order valence-electron chi connectivity index (χ3n) is 5.22. The third-order valence-corrected chi connectivity index (χ3v) is 5.22. The molecule has 0 saturated heterocycles. The number of ether oxygens (including phenoxy) is 3. The predicted molar refractivity (Wildman–Crippen MR) is 127 cm³/mol. The Morgan fingerprint density at radius 1 is 0.818 bits per heavy atom. The molecule has 7 heteroatoms. The molecule has 0 bridgehead atoms. The van der Waals surface area contributed by atoms with Gasteiger partial charge in [-0.3, -0.25) is 9.59 Å². The highest BCUT2D eigenvalue weighted by molar-refractivity contribution is 6.46. The first-order valence-corrected chi connectivity index (χ1v) is 10.5. The topological polar surface area (TPSA) is 77.1 Å². The molecule has 0 radical (unpaired) electrons. The lowest BCUT2D eigenvalue weighted by molar-refractivity contribution is -0.120. The average Bonchev–Trinajstić information content (AvgIpc) is 3.09. The number of anilines is 2. The monoisotopic (exact) mass is 444 g/mol. The number of hydrogen-bond donors (Lipinski definition) is 1. The van der Waals surface area contributed by atoms with Gasteiger partial charge in [-0.15, -0.1) is 0 Å². The molecule has 0 atom stereocenters. The number of carbonyl (C=O) groups excluding carboxylic acids is 2. The molecule has 1 aliphatic rings. The zero-order chi connectivity index (χ0) is 23.4.